The number of likely N-dealkylation sites (N-methyl/N-ethyl adjacent to an activating group) is 1. The Hall–Kier alpha value is -0.900. The smallest absolute Gasteiger partial charge is 0.0297 e. The maximum Gasteiger partial charge on any atom is 0.0297 e. The molecule has 1 atom stereocenters. The predicted molar refractivity (Wildman–Crippen MR) is 71.9 cm³/mol. The minimum Gasteiger partial charge on any atom is -0.325 e. The topological polar surface area (TPSA) is 32.5 Å². The first kappa shape index (κ1) is 12.6. The van der Waals surface area contributed by atoms with Crippen molar-refractivity contribution in [1.82, 2.24) is 9.80 Å². The molecular formula is C14H23N3. The van der Waals surface area contributed by atoms with E-state index < -0.39 is 0 Å². The summed E-state index contributed by atoms with van der Waals surface area (Å²) in [5.41, 5.74) is 8.84. The summed E-state index contributed by atoms with van der Waals surface area (Å²) in [6, 6.07) is 9.01. The van der Waals surface area contributed by atoms with Crippen LogP contribution in [0.15, 0.2) is 24.3 Å². The molecule has 17 heavy (non-hydrogen) atoms. The molecular weight excluding hydrogens is 210 g/mol. The first-order valence-electron chi connectivity index (χ1n) is 6.35. The summed E-state index contributed by atoms with van der Waals surface area (Å²) < 4.78 is 0. The van der Waals surface area contributed by atoms with E-state index in [-0.39, 0.29) is 6.04 Å². The van der Waals surface area contributed by atoms with E-state index >= 15 is 0 Å². The van der Waals surface area contributed by atoms with Crippen LogP contribution in [0.25, 0.3) is 0 Å². The van der Waals surface area contributed by atoms with Gasteiger partial charge in [-0.25, -0.2) is 0 Å². The molecule has 1 heterocycles. The van der Waals surface area contributed by atoms with E-state index in [4.69, 9.17) is 5.73 Å². The third-order valence-corrected chi connectivity index (χ3v) is 3.33. The summed E-state index contributed by atoms with van der Waals surface area (Å²) in [6.07, 6.45) is 0. The molecule has 1 aliphatic rings. The highest BCUT2D eigenvalue weighted by molar-refractivity contribution is 5.22. The lowest BCUT2D eigenvalue weighted by Crippen LogP contribution is -2.39. The van der Waals surface area contributed by atoms with Gasteiger partial charge in [-0.05, 0) is 19.5 Å². The molecule has 1 saturated heterocycles. The maximum absolute atomic E-state index is 6.12. The second-order valence-corrected chi connectivity index (χ2v) is 5.25. The molecule has 1 fully saturated rings. The molecule has 3 heteroatoms. The van der Waals surface area contributed by atoms with Crippen LogP contribution in [0, 0.1) is 6.92 Å². The summed E-state index contributed by atoms with van der Waals surface area (Å²) in [5.74, 6) is 0. The van der Waals surface area contributed by atoms with E-state index in [0.29, 0.717) is 0 Å². The number of benzene rings is 1. The zero-order valence-corrected chi connectivity index (χ0v) is 10.9. The zero-order chi connectivity index (χ0) is 12.3. The summed E-state index contributed by atoms with van der Waals surface area (Å²) in [5, 5.41) is 0. The highest BCUT2D eigenvalue weighted by Gasteiger charge is 2.17. The van der Waals surface area contributed by atoms with Gasteiger partial charge in [0.1, 0.15) is 0 Å². The Labute approximate surface area is 104 Å². The molecule has 0 aromatic heterocycles. The van der Waals surface area contributed by atoms with Gasteiger partial charge in [0.2, 0.25) is 0 Å². The Bertz CT molecular complexity index is 364. The minimum atomic E-state index is 0.271. The van der Waals surface area contributed by atoms with Gasteiger partial charge in [0.05, 0.1) is 0 Å². The molecule has 1 aromatic rings. The van der Waals surface area contributed by atoms with Crippen LogP contribution in [0.2, 0.25) is 0 Å². The summed E-state index contributed by atoms with van der Waals surface area (Å²) in [4.78, 5) is 4.78. The average molecular weight is 233 g/mol. The van der Waals surface area contributed by atoms with Crippen LogP contribution in [0.4, 0.5) is 0 Å². The number of rotatable bonds is 2. The molecule has 0 bridgehead atoms. The Kier molecular flexibility index (Phi) is 4.15. The molecule has 2 N–H and O–H groups in total. The molecule has 0 saturated carbocycles. The molecule has 2 rings (SSSR count). The van der Waals surface area contributed by atoms with Gasteiger partial charge in [0.25, 0.3) is 0 Å². The van der Waals surface area contributed by atoms with Crippen molar-refractivity contribution in [1.29, 1.82) is 0 Å². The standard InChI is InChI=1S/C14H23N3/c1-12-4-3-5-13(8-12)9-17-7-6-16(2)10-14(15)11-17/h3-5,8,14H,6-7,9-11,15H2,1-2H3/t14-/m1/s1. The fourth-order valence-corrected chi connectivity index (χ4v) is 2.50. The van der Waals surface area contributed by atoms with Gasteiger partial charge in [-0.2, -0.15) is 0 Å². The monoisotopic (exact) mass is 233 g/mol. The van der Waals surface area contributed by atoms with Crippen LogP contribution in [-0.4, -0.2) is 49.1 Å². The highest BCUT2D eigenvalue weighted by atomic mass is 15.2. The van der Waals surface area contributed by atoms with Crippen molar-refractivity contribution < 1.29 is 0 Å². The van der Waals surface area contributed by atoms with Crippen LogP contribution in [-0.2, 0) is 6.54 Å². The Balaban J connectivity index is 1.98. The van der Waals surface area contributed by atoms with Crippen molar-refractivity contribution in [3.05, 3.63) is 35.4 Å². The average Bonchev–Trinajstić information content (AvgIpc) is 2.40. The van der Waals surface area contributed by atoms with Crippen molar-refractivity contribution in [2.75, 3.05) is 33.2 Å². The first-order valence-corrected chi connectivity index (χ1v) is 6.35. The number of aryl methyl sites for hydroxylation is 1. The van der Waals surface area contributed by atoms with Gasteiger partial charge in [0, 0.05) is 38.8 Å². The summed E-state index contributed by atoms with van der Waals surface area (Å²) >= 11 is 0. The third kappa shape index (κ3) is 3.80. The predicted octanol–water partition coefficient (Wildman–Crippen LogP) is 1.07. The molecule has 0 spiro atoms. The van der Waals surface area contributed by atoms with E-state index in [9.17, 15) is 0 Å². The summed E-state index contributed by atoms with van der Waals surface area (Å²) in [7, 11) is 2.15. The fourth-order valence-electron chi connectivity index (χ4n) is 2.50. The third-order valence-electron chi connectivity index (χ3n) is 3.33. The number of hydrogen-bond acceptors (Lipinski definition) is 3. The van der Waals surface area contributed by atoms with Crippen LogP contribution in [0.1, 0.15) is 11.1 Å². The van der Waals surface area contributed by atoms with Crippen molar-refractivity contribution in [3.8, 4) is 0 Å². The second-order valence-electron chi connectivity index (χ2n) is 5.25. The first-order chi connectivity index (χ1) is 8.13. The molecule has 3 nitrogen and oxygen atoms in total. The van der Waals surface area contributed by atoms with Crippen LogP contribution in [0.5, 0.6) is 0 Å². The molecule has 0 amide bonds. The molecule has 0 unspecified atom stereocenters. The van der Waals surface area contributed by atoms with Crippen molar-refractivity contribution in [3.63, 3.8) is 0 Å². The lowest BCUT2D eigenvalue weighted by molar-refractivity contribution is 0.265. The van der Waals surface area contributed by atoms with E-state index in [1.807, 2.05) is 0 Å². The van der Waals surface area contributed by atoms with Gasteiger partial charge < -0.3 is 10.6 Å². The van der Waals surface area contributed by atoms with E-state index in [0.717, 1.165) is 32.7 Å². The highest BCUT2D eigenvalue weighted by Crippen LogP contribution is 2.09. The Morgan fingerprint density at radius 3 is 2.88 bits per heavy atom. The summed E-state index contributed by atoms with van der Waals surface area (Å²) in [6.45, 7) is 7.38. The van der Waals surface area contributed by atoms with E-state index in [1.54, 1.807) is 0 Å². The fraction of sp³-hybridized carbons (Fsp3) is 0.571. The second kappa shape index (κ2) is 5.63. The number of nitrogens with two attached hydrogens (primary N) is 1. The number of nitrogens with zero attached hydrogens (tertiary/aromatic N) is 2. The quantitative estimate of drug-likeness (QED) is 0.829. The van der Waals surface area contributed by atoms with Gasteiger partial charge >= 0.3 is 0 Å². The van der Waals surface area contributed by atoms with E-state index in [1.165, 1.54) is 11.1 Å². The van der Waals surface area contributed by atoms with E-state index in [2.05, 4.69) is 48.0 Å². The molecule has 0 aliphatic carbocycles. The molecule has 1 aromatic carbocycles. The zero-order valence-electron chi connectivity index (χ0n) is 10.9. The van der Waals surface area contributed by atoms with Gasteiger partial charge in [-0.1, -0.05) is 29.8 Å². The lowest BCUT2D eigenvalue weighted by atomic mass is 10.1. The van der Waals surface area contributed by atoms with Gasteiger partial charge in [0.15, 0.2) is 0 Å². The van der Waals surface area contributed by atoms with Crippen molar-refractivity contribution >= 4 is 0 Å². The minimum absolute atomic E-state index is 0.271. The normalized spacial score (nSPS) is 23.6. The van der Waals surface area contributed by atoms with Gasteiger partial charge in [-0.3, -0.25) is 4.90 Å². The Morgan fingerprint density at radius 2 is 2.12 bits per heavy atom. The maximum atomic E-state index is 6.12. The SMILES string of the molecule is Cc1cccc(CN2CCN(C)C[C@@H](N)C2)c1. The number of hydrogen-bond donors (Lipinski definition) is 1. The van der Waals surface area contributed by atoms with Crippen molar-refractivity contribution in [2.45, 2.75) is 19.5 Å². The van der Waals surface area contributed by atoms with Gasteiger partial charge in [-0.15, -0.1) is 0 Å². The van der Waals surface area contributed by atoms with Crippen LogP contribution >= 0.6 is 0 Å². The Morgan fingerprint density at radius 1 is 1.29 bits per heavy atom. The van der Waals surface area contributed by atoms with Crippen LogP contribution < -0.4 is 5.73 Å². The lowest BCUT2D eigenvalue weighted by Gasteiger charge is -2.21. The largest absolute Gasteiger partial charge is 0.325 e. The molecule has 94 valence electrons. The molecule has 0 radical (unpaired) electrons. The van der Waals surface area contributed by atoms with Crippen LogP contribution in [0.3, 0.4) is 0 Å². The van der Waals surface area contributed by atoms with Crippen molar-refractivity contribution in [2.24, 2.45) is 5.73 Å². The molecule has 1 aliphatic heterocycles.